The number of likely N-dealkylation sites (N-methyl/N-ethyl adjacent to an activating group) is 1. The van der Waals surface area contributed by atoms with Gasteiger partial charge in [-0.2, -0.15) is 5.10 Å². The lowest BCUT2D eigenvalue weighted by Gasteiger charge is -2.38. The third-order valence-electron chi connectivity index (χ3n) is 8.86. The standard InChI is InChI=1S/C33H35N7O/c1-6-27(41)36-31-29-24(9-10-33(31,2)3)28-26-15-20(21-18-35-39(5)19-21)17-34-32(26)37-30(28)23-8-7-22(16-25(23)29)40-13-11-38(4)12-14-40/h6-10,15-19,31H,1,11-14H2,2-5H3,(H,34,37)(H,36,41). The van der Waals surface area contributed by atoms with Gasteiger partial charge >= 0.3 is 0 Å². The highest BCUT2D eigenvalue weighted by Crippen LogP contribution is 2.49. The SMILES string of the molecule is C=CC(=O)NC1c2c(c3c4cc(-c5cnn(C)c5)cnc4[nH]c3c3ccc(N4CCN(C)CC4)cc23)C=CC1(C)C. The lowest BCUT2D eigenvalue weighted by atomic mass is 9.72. The number of piperazine rings is 1. The molecule has 1 amide bonds. The molecule has 0 radical (unpaired) electrons. The van der Waals surface area contributed by atoms with Gasteiger partial charge in [0.25, 0.3) is 0 Å². The second kappa shape index (κ2) is 9.31. The van der Waals surface area contributed by atoms with Crippen LogP contribution < -0.4 is 10.2 Å². The summed E-state index contributed by atoms with van der Waals surface area (Å²) in [7, 11) is 4.10. The van der Waals surface area contributed by atoms with Crippen molar-refractivity contribution in [3.63, 3.8) is 0 Å². The number of hydrogen-bond donors (Lipinski definition) is 2. The maximum atomic E-state index is 12.8. The molecule has 2 aliphatic rings. The molecule has 1 saturated heterocycles. The van der Waals surface area contributed by atoms with Gasteiger partial charge in [-0.3, -0.25) is 9.48 Å². The molecule has 1 unspecified atom stereocenters. The summed E-state index contributed by atoms with van der Waals surface area (Å²) in [5.74, 6) is -0.174. The lowest BCUT2D eigenvalue weighted by molar-refractivity contribution is -0.117. The summed E-state index contributed by atoms with van der Waals surface area (Å²) in [6.45, 7) is 12.1. The second-order valence-corrected chi connectivity index (χ2v) is 12.0. The molecule has 8 nitrogen and oxygen atoms in total. The van der Waals surface area contributed by atoms with Gasteiger partial charge in [0.05, 0.1) is 17.8 Å². The number of anilines is 1. The Morgan fingerprint density at radius 1 is 1.07 bits per heavy atom. The number of nitrogens with zero attached hydrogens (tertiary/aromatic N) is 5. The summed E-state index contributed by atoms with van der Waals surface area (Å²) in [5.41, 5.74) is 7.11. The van der Waals surface area contributed by atoms with Crippen LogP contribution in [0.5, 0.6) is 0 Å². The predicted octanol–water partition coefficient (Wildman–Crippen LogP) is 5.42. The fourth-order valence-corrected chi connectivity index (χ4v) is 6.50. The first-order valence-electron chi connectivity index (χ1n) is 14.2. The summed E-state index contributed by atoms with van der Waals surface area (Å²) in [4.78, 5) is 26.1. The van der Waals surface area contributed by atoms with Gasteiger partial charge < -0.3 is 20.1 Å². The van der Waals surface area contributed by atoms with E-state index < -0.39 is 0 Å². The highest BCUT2D eigenvalue weighted by atomic mass is 16.1. The number of rotatable bonds is 4. The number of H-pyrrole nitrogens is 1. The van der Waals surface area contributed by atoms with Crippen LogP contribution in [0.15, 0.2) is 61.6 Å². The van der Waals surface area contributed by atoms with Crippen molar-refractivity contribution in [2.45, 2.75) is 19.9 Å². The van der Waals surface area contributed by atoms with E-state index in [0.29, 0.717) is 0 Å². The zero-order valence-electron chi connectivity index (χ0n) is 24.0. The summed E-state index contributed by atoms with van der Waals surface area (Å²) in [6.07, 6.45) is 11.6. The molecule has 4 heterocycles. The van der Waals surface area contributed by atoms with Gasteiger partial charge in [-0.05, 0) is 47.8 Å². The Morgan fingerprint density at radius 2 is 1.88 bits per heavy atom. The number of aryl methyl sites for hydroxylation is 1. The number of pyridine rings is 1. The van der Waals surface area contributed by atoms with Gasteiger partial charge in [0.1, 0.15) is 5.65 Å². The van der Waals surface area contributed by atoms with Crippen LogP contribution in [-0.2, 0) is 11.8 Å². The maximum Gasteiger partial charge on any atom is 0.243 e. The fourth-order valence-electron chi connectivity index (χ4n) is 6.50. The number of aromatic amines is 1. The van der Waals surface area contributed by atoms with Crippen molar-refractivity contribution >= 4 is 50.4 Å². The third-order valence-corrected chi connectivity index (χ3v) is 8.86. The topological polar surface area (TPSA) is 82.1 Å². The van der Waals surface area contributed by atoms with Crippen LogP contribution in [0.4, 0.5) is 5.69 Å². The molecule has 2 aromatic carbocycles. The van der Waals surface area contributed by atoms with Crippen LogP contribution in [0.1, 0.15) is 31.0 Å². The maximum absolute atomic E-state index is 12.8. The minimum absolute atomic E-state index is 0.174. The molecule has 2 N–H and O–H groups in total. The van der Waals surface area contributed by atoms with E-state index in [4.69, 9.17) is 4.98 Å². The van der Waals surface area contributed by atoms with Gasteiger partial charge in [0.2, 0.25) is 5.91 Å². The Hall–Kier alpha value is -4.43. The summed E-state index contributed by atoms with van der Waals surface area (Å²) >= 11 is 0. The van der Waals surface area contributed by atoms with Crippen molar-refractivity contribution in [2.24, 2.45) is 12.5 Å². The van der Waals surface area contributed by atoms with Gasteiger partial charge in [-0.15, -0.1) is 0 Å². The molecular weight excluding hydrogens is 510 g/mol. The fraction of sp³-hybridized carbons (Fsp3) is 0.303. The molecular formula is C33H35N7O. The van der Waals surface area contributed by atoms with Crippen LogP contribution in [0.3, 0.4) is 0 Å². The number of amides is 1. The van der Waals surface area contributed by atoms with Crippen molar-refractivity contribution in [3.8, 4) is 11.1 Å². The van der Waals surface area contributed by atoms with Crippen LogP contribution in [-0.4, -0.2) is 63.8 Å². The van der Waals surface area contributed by atoms with Crippen molar-refractivity contribution in [3.05, 3.63) is 72.7 Å². The quantitative estimate of drug-likeness (QED) is 0.295. The van der Waals surface area contributed by atoms with E-state index >= 15 is 0 Å². The zero-order chi connectivity index (χ0) is 28.5. The van der Waals surface area contributed by atoms with Gasteiger partial charge in [-0.1, -0.05) is 38.6 Å². The molecule has 0 saturated carbocycles. The van der Waals surface area contributed by atoms with E-state index in [1.165, 1.54) is 11.8 Å². The predicted molar refractivity (Wildman–Crippen MR) is 167 cm³/mol. The summed E-state index contributed by atoms with van der Waals surface area (Å²) in [6, 6.07) is 8.76. The monoisotopic (exact) mass is 545 g/mol. The molecule has 1 fully saturated rings. The van der Waals surface area contributed by atoms with Crippen molar-refractivity contribution < 1.29 is 4.79 Å². The highest BCUT2D eigenvalue weighted by Gasteiger charge is 2.37. The van der Waals surface area contributed by atoms with E-state index in [2.05, 4.69) is 89.1 Å². The minimum Gasteiger partial charge on any atom is -0.369 e. The van der Waals surface area contributed by atoms with Crippen LogP contribution >= 0.6 is 0 Å². The molecule has 7 rings (SSSR count). The average Bonchev–Trinajstić information content (AvgIpc) is 3.57. The molecule has 3 aromatic heterocycles. The van der Waals surface area contributed by atoms with Crippen LogP contribution in [0, 0.1) is 5.41 Å². The van der Waals surface area contributed by atoms with E-state index in [9.17, 15) is 4.79 Å². The number of carbonyl (C=O) groups is 1. The van der Waals surface area contributed by atoms with E-state index in [1.807, 2.05) is 25.6 Å². The zero-order valence-corrected chi connectivity index (χ0v) is 24.0. The van der Waals surface area contributed by atoms with Crippen molar-refractivity contribution in [1.29, 1.82) is 0 Å². The van der Waals surface area contributed by atoms with Crippen LogP contribution in [0.2, 0.25) is 0 Å². The Kier molecular flexibility index (Phi) is 5.80. The number of carbonyl (C=O) groups excluding carboxylic acids is 1. The van der Waals surface area contributed by atoms with Gasteiger partial charge in [0, 0.05) is 84.0 Å². The molecule has 0 bridgehead atoms. The van der Waals surface area contributed by atoms with Crippen LogP contribution in [0.25, 0.3) is 49.9 Å². The molecule has 208 valence electrons. The Morgan fingerprint density at radius 3 is 2.61 bits per heavy atom. The molecule has 5 aromatic rings. The second-order valence-electron chi connectivity index (χ2n) is 12.0. The van der Waals surface area contributed by atoms with E-state index in [-0.39, 0.29) is 17.4 Å². The minimum atomic E-state index is -0.304. The molecule has 1 atom stereocenters. The third kappa shape index (κ3) is 4.13. The number of fused-ring (bicyclic) bond motifs is 8. The average molecular weight is 546 g/mol. The largest absolute Gasteiger partial charge is 0.369 e. The first-order chi connectivity index (χ1) is 19.7. The van der Waals surface area contributed by atoms with E-state index in [1.54, 1.807) is 4.68 Å². The Labute approximate surface area is 239 Å². The van der Waals surface area contributed by atoms with Crippen molar-refractivity contribution in [2.75, 3.05) is 38.1 Å². The highest BCUT2D eigenvalue weighted by molar-refractivity contribution is 6.22. The molecule has 8 heteroatoms. The van der Waals surface area contributed by atoms with Gasteiger partial charge in [-0.25, -0.2) is 4.98 Å². The molecule has 41 heavy (non-hydrogen) atoms. The summed E-state index contributed by atoms with van der Waals surface area (Å²) in [5, 5.41) is 12.1. The number of nitrogens with one attached hydrogen (secondary N) is 2. The molecule has 0 spiro atoms. The smallest absolute Gasteiger partial charge is 0.243 e. The van der Waals surface area contributed by atoms with Gasteiger partial charge in [0.15, 0.2) is 0 Å². The first kappa shape index (κ1) is 25.5. The Bertz CT molecular complexity index is 1880. The molecule has 1 aliphatic carbocycles. The normalized spacial score (nSPS) is 18.7. The van der Waals surface area contributed by atoms with Crippen molar-refractivity contribution in [1.82, 2.24) is 30.0 Å². The first-order valence-corrected chi connectivity index (χ1v) is 14.2. The van der Waals surface area contributed by atoms with E-state index in [0.717, 1.165) is 81.1 Å². The molecule has 1 aliphatic heterocycles. The number of hydrogen-bond acceptors (Lipinski definition) is 5. The lowest BCUT2D eigenvalue weighted by Crippen LogP contribution is -2.44. The Balaban J connectivity index is 1.54. The summed E-state index contributed by atoms with van der Waals surface area (Å²) < 4.78 is 1.81. The number of aromatic nitrogens is 4. The number of benzene rings is 2.